The number of rotatable bonds is 5. The molecular weight excluding hydrogens is 340 g/mol. The summed E-state index contributed by atoms with van der Waals surface area (Å²) in [4.78, 5) is 14.2. The van der Waals surface area contributed by atoms with Crippen LogP contribution in [-0.4, -0.2) is 98.5 Å². The summed E-state index contributed by atoms with van der Waals surface area (Å²) < 4.78 is 22.7. The van der Waals surface area contributed by atoms with E-state index in [0.29, 0.717) is 51.7 Å². The molecule has 8 nitrogen and oxygen atoms in total. The number of morpholine rings is 1. The molecule has 5 unspecified atom stereocenters. The van der Waals surface area contributed by atoms with Crippen molar-refractivity contribution < 1.29 is 28.8 Å². The smallest absolute Gasteiger partial charge is 0.225 e. The van der Waals surface area contributed by atoms with Gasteiger partial charge in [0.05, 0.1) is 37.9 Å². The Morgan fingerprint density at radius 2 is 1.81 bits per heavy atom. The summed E-state index contributed by atoms with van der Waals surface area (Å²) in [5.41, 5.74) is 0. The normalized spacial score (nSPS) is 38.5. The molecule has 0 bridgehead atoms. The lowest BCUT2D eigenvalue weighted by Gasteiger charge is -2.28. The first-order chi connectivity index (χ1) is 12.7. The number of aliphatic hydroxyl groups is 1. The molecule has 5 atom stereocenters. The van der Waals surface area contributed by atoms with Crippen LogP contribution in [0.5, 0.6) is 0 Å². The Kier molecular flexibility index (Phi) is 6.07. The molecule has 0 aromatic carbocycles. The van der Waals surface area contributed by atoms with E-state index in [1.54, 1.807) is 0 Å². The highest BCUT2D eigenvalue weighted by Crippen LogP contribution is 2.35. The Balaban J connectivity index is 1.21. The van der Waals surface area contributed by atoms with Crippen molar-refractivity contribution in [2.45, 2.75) is 62.2 Å². The molecule has 26 heavy (non-hydrogen) atoms. The fourth-order valence-corrected chi connectivity index (χ4v) is 4.33. The van der Waals surface area contributed by atoms with Crippen molar-refractivity contribution in [1.82, 2.24) is 10.2 Å². The molecule has 4 heterocycles. The Labute approximate surface area is 154 Å². The summed E-state index contributed by atoms with van der Waals surface area (Å²) in [6, 6.07) is 0.430. The highest BCUT2D eigenvalue weighted by Gasteiger charge is 2.50. The van der Waals surface area contributed by atoms with Gasteiger partial charge < -0.3 is 34.3 Å². The molecule has 4 rings (SSSR count). The third-order valence-corrected chi connectivity index (χ3v) is 5.87. The van der Waals surface area contributed by atoms with E-state index in [9.17, 15) is 9.90 Å². The van der Waals surface area contributed by atoms with Crippen LogP contribution in [0.4, 0.5) is 0 Å². The molecule has 148 valence electrons. The van der Waals surface area contributed by atoms with Crippen LogP contribution < -0.4 is 5.32 Å². The molecule has 1 amide bonds. The average Bonchev–Trinajstić information content (AvgIpc) is 3.20. The molecule has 4 fully saturated rings. The number of carbonyl (C=O) groups is 1. The van der Waals surface area contributed by atoms with Crippen LogP contribution in [0.25, 0.3) is 0 Å². The number of fused-ring (bicyclic) bond motifs is 1. The van der Waals surface area contributed by atoms with Gasteiger partial charge in [0.1, 0.15) is 12.2 Å². The molecule has 4 aliphatic heterocycles. The van der Waals surface area contributed by atoms with Crippen molar-refractivity contribution in [3.8, 4) is 0 Å². The molecule has 4 saturated heterocycles. The Bertz CT molecular complexity index is 480. The van der Waals surface area contributed by atoms with E-state index < -0.39 is 6.10 Å². The maximum absolute atomic E-state index is 12.4. The van der Waals surface area contributed by atoms with Crippen LogP contribution in [0, 0.1) is 0 Å². The predicted octanol–water partition coefficient (Wildman–Crippen LogP) is -0.710. The number of hydrogen-bond donors (Lipinski definition) is 2. The summed E-state index contributed by atoms with van der Waals surface area (Å²) in [5, 5.41) is 14.0. The lowest BCUT2D eigenvalue weighted by molar-refractivity contribution is -0.138. The van der Waals surface area contributed by atoms with E-state index in [4.69, 9.17) is 18.9 Å². The molecule has 4 aliphatic rings. The monoisotopic (exact) mass is 370 g/mol. The maximum Gasteiger partial charge on any atom is 0.225 e. The molecule has 8 heteroatoms. The van der Waals surface area contributed by atoms with Crippen molar-refractivity contribution in [3.63, 3.8) is 0 Å². The third kappa shape index (κ3) is 4.21. The standard InChI is InChI=1S/C18H30N2O6/c21-16(20-3-7-24-8-4-20)10-13-9-14-18(25-13)17(22)15(26-14)11-19-12-1-5-23-6-2-12/h12-15,17-19,22H,1-11H2. The fraction of sp³-hybridized carbons (Fsp3) is 0.944. The number of carbonyl (C=O) groups excluding carboxylic acids is 1. The van der Waals surface area contributed by atoms with Crippen molar-refractivity contribution in [3.05, 3.63) is 0 Å². The number of aliphatic hydroxyl groups excluding tert-OH is 1. The number of nitrogens with zero attached hydrogens (tertiary/aromatic N) is 1. The summed E-state index contributed by atoms with van der Waals surface area (Å²) >= 11 is 0. The molecule has 0 radical (unpaired) electrons. The van der Waals surface area contributed by atoms with Crippen molar-refractivity contribution in [2.24, 2.45) is 0 Å². The van der Waals surface area contributed by atoms with E-state index in [-0.39, 0.29) is 30.3 Å². The number of hydrogen-bond acceptors (Lipinski definition) is 7. The van der Waals surface area contributed by atoms with Gasteiger partial charge in [0.25, 0.3) is 0 Å². The first-order valence-corrected chi connectivity index (χ1v) is 9.86. The van der Waals surface area contributed by atoms with Crippen LogP contribution in [0.2, 0.25) is 0 Å². The van der Waals surface area contributed by atoms with Gasteiger partial charge in [-0.25, -0.2) is 0 Å². The van der Waals surface area contributed by atoms with Crippen LogP contribution in [0.1, 0.15) is 25.7 Å². The van der Waals surface area contributed by atoms with Gasteiger partial charge in [-0.1, -0.05) is 0 Å². The molecule has 0 aliphatic carbocycles. The van der Waals surface area contributed by atoms with Gasteiger partial charge in [-0.05, 0) is 12.8 Å². The van der Waals surface area contributed by atoms with Gasteiger partial charge in [0.2, 0.25) is 5.91 Å². The topological polar surface area (TPSA) is 89.5 Å². The van der Waals surface area contributed by atoms with Crippen LogP contribution >= 0.6 is 0 Å². The summed E-state index contributed by atoms with van der Waals surface area (Å²) in [5.74, 6) is 0.102. The largest absolute Gasteiger partial charge is 0.388 e. The summed E-state index contributed by atoms with van der Waals surface area (Å²) in [6.45, 7) is 4.71. The van der Waals surface area contributed by atoms with Crippen LogP contribution in [0.3, 0.4) is 0 Å². The predicted molar refractivity (Wildman–Crippen MR) is 91.8 cm³/mol. The second kappa shape index (κ2) is 8.50. The second-order valence-corrected chi connectivity index (χ2v) is 7.65. The first kappa shape index (κ1) is 18.6. The lowest BCUT2D eigenvalue weighted by Crippen LogP contribution is -2.44. The third-order valence-electron chi connectivity index (χ3n) is 5.87. The molecule has 2 N–H and O–H groups in total. The Hall–Kier alpha value is -0.770. The lowest BCUT2D eigenvalue weighted by atomic mass is 10.1. The van der Waals surface area contributed by atoms with E-state index in [1.807, 2.05) is 4.90 Å². The van der Waals surface area contributed by atoms with Crippen LogP contribution in [0.15, 0.2) is 0 Å². The van der Waals surface area contributed by atoms with Gasteiger partial charge >= 0.3 is 0 Å². The van der Waals surface area contributed by atoms with E-state index >= 15 is 0 Å². The molecule has 0 aromatic rings. The summed E-state index contributed by atoms with van der Waals surface area (Å²) in [7, 11) is 0. The van der Waals surface area contributed by atoms with Gasteiger partial charge in [0, 0.05) is 45.3 Å². The zero-order valence-electron chi connectivity index (χ0n) is 15.2. The van der Waals surface area contributed by atoms with Gasteiger partial charge in [-0.3, -0.25) is 4.79 Å². The average molecular weight is 370 g/mol. The second-order valence-electron chi connectivity index (χ2n) is 7.65. The van der Waals surface area contributed by atoms with E-state index in [1.165, 1.54) is 0 Å². The SMILES string of the molecule is O=C(CC1CC2OC(CNC3CCOCC3)C(O)C2O1)N1CCOCC1. The minimum atomic E-state index is -0.643. The van der Waals surface area contributed by atoms with E-state index in [0.717, 1.165) is 26.1 Å². The van der Waals surface area contributed by atoms with Gasteiger partial charge in [-0.15, -0.1) is 0 Å². The minimum absolute atomic E-state index is 0.102. The highest BCUT2D eigenvalue weighted by molar-refractivity contribution is 5.76. The maximum atomic E-state index is 12.4. The van der Waals surface area contributed by atoms with E-state index in [2.05, 4.69) is 5.32 Å². The zero-order valence-corrected chi connectivity index (χ0v) is 15.2. The number of nitrogens with one attached hydrogen (secondary N) is 1. The molecule has 0 aromatic heterocycles. The zero-order chi connectivity index (χ0) is 17.9. The Morgan fingerprint density at radius 1 is 1.08 bits per heavy atom. The summed E-state index contributed by atoms with van der Waals surface area (Å²) in [6.07, 6.45) is 1.53. The quantitative estimate of drug-likeness (QED) is 0.661. The van der Waals surface area contributed by atoms with Crippen molar-refractivity contribution in [2.75, 3.05) is 46.1 Å². The van der Waals surface area contributed by atoms with Crippen molar-refractivity contribution >= 4 is 5.91 Å². The van der Waals surface area contributed by atoms with Crippen LogP contribution in [-0.2, 0) is 23.7 Å². The molecule has 0 saturated carbocycles. The Morgan fingerprint density at radius 3 is 2.54 bits per heavy atom. The highest BCUT2D eigenvalue weighted by atomic mass is 16.6. The van der Waals surface area contributed by atoms with Crippen molar-refractivity contribution in [1.29, 1.82) is 0 Å². The first-order valence-electron chi connectivity index (χ1n) is 9.86. The molecular formula is C18H30N2O6. The van der Waals surface area contributed by atoms with Gasteiger partial charge in [0.15, 0.2) is 0 Å². The number of ether oxygens (including phenoxy) is 4. The van der Waals surface area contributed by atoms with Gasteiger partial charge in [-0.2, -0.15) is 0 Å². The molecule has 0 spiro atoms. The fourth-order valence-electron chi connectivity index (χ4n) is 4.33. The number of amides is 1. The minimum Gasteiger partial charge on any atom is -0.388 e.